The molecular weight excluding hydrogens is 531 g/mol. The van der Waals surface area contributed by atoms with Gasteiger partial charge < -0.3 is 9.64 Å². The van der Waals surface area contributed by atoms with E-state index in [1.54, 1.807) is 54.4 Å². The summed E-state index contributed by atoms with van der Waals surface area (Å²) in [6.07, 6.45) is 1.43. The zero-order valence-corrected chi connectivity index (χ0v) is 23.0. The van der Waals surface area contributed by atoms with Crippen LogP contribution < -0.4 is 4.74 Å². The molecule has 1 fully saturated rings. The number of rotatable bonds is 9. The molecule has 0 spiro atoms. The van der Waals surface area contributed by atoms with Gasteiger partial charge in [0.25, 0.3) is 0 Å². The Morgan fingerprint density at radius 2 is 1.73 bits per heavy atom. The van der Waals surface area contributed by atoms with Crippen LogP contribution in [0.4, 0.5) is 0 Å². The molecule has 3 aromatic rings. The van der Waals surface area contributed by atoms with Gasteiger partial charge in [0, 0.05) is 48.6 Å². The van der Waals surface area contributed by atoms with Crippen LogP contribution in [0.15, 0.2) is 83.8 Å². The molecule has 0 unspecified atom stereocenters. The number of hydrogen-bond donors (Lipinski definition) is 0. The molecule has 196 valence electrons. The predicted molar refractivity (Wildman–Crippen MR) is 146 cm³/mol. The van der Waals surface area contributed by atoms with Crippen LogP contribution in [0.3, 0.4) is 0 Å². The maximum absolute atomic E-state index is 13.5. The van der Waals surface area contributed by atoms with E-state index >= 15 is 0 Å². The predicted octanol–water partition coefficient (Wildman–Crippen LogP) is 5.89. The van der Waals surface area contributed by atoms with E-state index in [2.05, 4.69) is 0 Å². The second kappa shape index (κ2) is 11.9. The Kier molecular flexibility index (Phi) is 8.80. The van der Waals surface area contributed by atoms with Gasteiger partial charge in [0.1, 0.15) is 5.75 Å². The SMILES string of the molecule is CN(Cc1ccccc1)C(=O)C[C@@]1(COc2ccc(Cl)cc2)CCCN(S(=O)(=O)c2cccc(Cl)c2)C1. The summed E-state index contributed by atoms with van der Waals surface area (Å²) in [5.74, 6) is 0.550. The van der Waals surface area contributed by atoms with Crippen molar-refractivity contribution < 1.29 is 17.9 Å². The van der Waals surface area contributed by atoms with E-state index in [4.69, 9.17) is 27.9 Å². The molecule has 0 saturated carbocycles. The number of benzene rings is 3. The number of hydrogen-bond acceptors (Lipinski definition) is 4. The smallest absolute Gasteiger partial charge is 0.243 e. The molecule has 1 saturated heterocycles. The van der Waals surface area contributed by atoms with Crippen LogP contribution in [0.1, 0.15) is 24.8 Å². The molecule has 0 aliphatic carbocycles. The van der Waals surface area contributed by atoms with Crippen molar-refractivity contribution in [3.63, 3.8) is 0 Å². The Morgan fingerprint density at radius 3 is 2.43 bits per heavy atom. The van der Waals surface area contributed by atoms with Crippen LogP contribution in [0.2, 0.25) is 10.0 Å². The van der Waals surface area contributed by atoms with Crippen molar-refractivity contribution >= 4 is 39.1 Å². The third-order valence-electron chi connectivity index (χ3n) is 6.63. The number of carbonyl (C=O) groups is 1. The second-order valence-electron chi connectivity index (χ2n) is 9.55. The molecule has 1 amide bonds. The molecule has 3 aromatic carbocycles. The number of halogens is 2. The Hall–Kier alpha value is -2.58. The third-order valence-corrected chi connectivity index (χ3v) is 8.96. The van der Waals surface area contributed by atoms with Gasteiger partial charge in [0.05, 0.1) is 11.5 Å². The fourth-order valence-electron chi connectivity index (χ4n) is 4.63. The molecule has 4 rings (SSSR count). The lowest BCUT2D eigenvalue weighted by Gasteiger charge is -2.42. The van der Waals surface area contributed by atoms with E-state index in [1.807, 2.05) is 30.3 Å². The molecule has 6 nitrogen and oxygen atoms in total. The van der Waals surface area contributed by atoms with E-state index < -0.39 is 15.4 Å². The molecule has 9 heteroatoms. The summed E-state index contributed by atoms with van der Waals surface area (Å²) in [5.41, 5.74) is 0.324. The fourth-order valence-corrected chi connectivity index (χ4v) is 6.64. The van der Waals surface area contributed by atoms with Gasteiger partial charge >= 0.3 is 0 Å². The Bertz CT molecular complexity index is 1320. The molecule has 1 aliphatic rings. The molecule has 1 atom stereocenters. The second-order valence-corrected chi connectivity index (χ2v) is 12.4. The van der Waals surface area contributed by atoms with E-state index in [9.17, 15) is 13.2 Å². The van der Waals surface area contributed by atoms with Crippen molar-refractivity contribution in [2.75, 3.05) is 26.7 Å². The summed E-state index contributed by atoms with van der Waals surface area (Å²) in [4.78, 5) is 15.2. The molecular formula is C28H30Cl2N2O4S. The van der Waals surface area contributed by atoms with Crippen molar-refractivity contribution in [3.05, 3.63) is 94.5 Å². The molecule has 0 N–H and O–H groups in total. The van der Waals surface area contributed by atoms with Gasteiger partial charge in [-0.15, -0.1) is 0 Å². The van der Waals surface area contributed by atoms with Gasteiger partial charge in [-0.3, -0.25) is 4.79 Å². The van der Waals surface area contributed by atoms with Crippen LogP contribution in [0.25, 0.3) is 0 Å². The molecule has 37 heavy (non-hydrogen) atoms. The van der Waals surface area contributed by atoms with Gasteiger partial charge in [0.15, 0.2) is 0 Å². The fraction of sp³-hybridized carbons (Fsp3) is 0.321. The normalized spacial score (nSPS) is 18.4. The monoisotopic (exact) mass is 560 g/mol. The lowest BCUT2D eigenvalue weighted by atomic mass is 9.78. The summed E-state index contributed by atoms with van der Waals surface area (Å²) < 4.78 is 34.6. The van der Waals surface area contributed by atoms with Crippen LogP contribution in [0, 0.1) is 5.41 Å². The van der Waals surface area contributed by atoms with Gasteiger partial charge in [0.2, 0.25) is 15.9 Å². The number of sulfonamides is 1. The van der Waals surface area contributed by atoms with E-state index in [-0.39, 0.29) is 30.4 Å². The minimum absolute atomic E-state index is 0.0643. The minimum Gasteiger partial charge on any atom is -0.493 e. The summed E-state index contributed by atoms with van der Waals surface area (Å²) in [7, 11) is -2.03. The number of carbonyl (C=O) groups excluding carboxylic acids is 1. The van der Waals surface area contributed by atoms with Gasteiger partial charge in [-0.2, -0.15) is 4.31 Å². The summed E-state index contributed by atoms with van der Waals surface area (Å²) in [6.45, 7) is 1.20. The average molecular weight is 562 g/mol. The lowest BCUT2D eigenvalue weighted by molar-refractivity contribution is -0.134. The highest BCUT2D eigenvalue weighted by Gasteiger charge is 2.43. The molecule has 1 heterocycles. The molecule has 0 bridgehead atoms. The first kappa shape index (κ1) is 27.5. The summed E-state index contributed by atoms with van der Waals surface area (Å²) in [5, 5.41) is 0.948. The van der Waals surface area contributed by atoms with Crippen molar-refractivity contribution in [2.45, 2.75) is 30.7 Å². The molecule has 0 aromatic heterocycles. The van der Waals surface area contributed by atoms with Crippen LogP contribution in [-0.4, -0.2) is 50.3 Å². The highest BCUT2D eigenvalue weighted by molar-refractivity contribution is 7.89. The highest BCUT2D eigenvalue weighted by atomic mass is 35.5. The Morgan fingerprint density at radius 1 is 1.00 bits per heavy atom. The summed E-state index contributed by atoms with van der Waals surface area (Å²) >= 11 is 12.1. The lowest BCUT2D eigenvalue weighted by Crippen LogP contribution is -2.50. The average Bonchev–Trinajstić information content (AvgIpc) is 2.89. The number of nitrogens with zero attached hydrogens (tertiary/aromatic N) is 2. The van der Waals surface area contributed by atoms with Crippen LogP contribution >= 0.6 is 23.2 Å². The van der Waals surface area contributed by atoms with E-state index in [1.165, 1.54) is 10.4 Å². The zero-order valence-electron chi connectivity index (χ0n) is 20.6. The minimum atomic E-state index is -3.80. The Balaban J connectivity index is 1.57. The van der Waals surface area contributed by atoms with E-state index in [0.29, 0.717) is 41.7 Å². The highest BCUT2D eigenvalue weighted by Crippen LogP contribution is 2.37. The number of amides is 1. The first-order valence-corrected chi connectivity index (χ1v) is 14.3. The Labute approximate surface area is 228 Å². The van der Waals surface area contributed by atoms with Crippen LogP contribution in [0.5, 0.6) is 5.75 Å². The standard InChI is InChI=1S/C28H30Cl2N2O4S/c1-31(19-22-7-3-2-4-8-22)27(33)18-28(21-36-25-13-11-23(29)12-14-25)15-6-16-32(20-28)37(34,35)26-10-5-9-24(30)17-26/h2-5,7-14,17H,6,15-16,18-21H2,1H3/t28-/m0/s1. The van der Waals surface area contributed by atoms with Crippen LogP contribution in [-0.2, 0) is 21.4 Å². The van der Waals surface area contributed by atoms with Crippen molar-refractivity contribution in [1.29, 1.82) is 0 Å². The zero-order chi connectivity index (χ0) is 26.5. The van der Waals surface area contributed by atoms with Crippen molar-refractivity contribution in [1.82, 2.24) is 9.21 Å². The third kappa shape index (κ3) is 7.05. The number of ether oxygens (including phenoxy) is 1. The van der Waals surface area contributed by atoms with Crippen molar-refractivity contribution in [3.8, 4) is 5.75 Å². The van der Waals surface area contributed by atoms with Gasteiger partial charge in [-0.25, -0.2) is 8.42 Å². The molecule has 1 aliphatic heterocycles. The van der Waals surface area contributed by atoms with Crippen molar-refractivity contribution in [2.24, 2.45) is 5.41 Å². The van der Waals surface area contributed by atoms with E-state index in [0.717, 1.165) is 5.56 Å². The summed E-state index contributed by atoms with van der Waals surface area (Å²) in [6, 6.07) is 23.0. The topological polar surface area (TPSA) is 66.9 Å². The molecule has 0 radical (unpaired) electrons. The van der Waals surface area contributed by atoms with Gasteiger partial charge in [-0.1, -0.05) is 59.6 Å². The largest absolute Gasteiger partial charge is 0.493 e. The quantitative estimate of drug-likeness (QED) is 0.327. The number of piperidine rings is 1. The maximum Gasteiger partial charge on any atom is 0.243 e. The first-order valence-electron chi connectivity index (χ1n) is 12.1. The first-order chi connectivity index (χ1) is 17.7. The maximum atomic E-state index is 13.5. The van der Waals surface area contributed by atoms with Gasteiger partial charge in [-0.05, 0) is 60.9 Å².